The Balaban J connectivity index is 1.82. The summed E-state index contributed by atoms with van der Waals surface area (Å²) in [6.45, 7) is 5.08. The first-order valence-corrected chi connectivity index (χ1v) is 10.1. The van der Waals surface area contributed by atoms with Crippen molar-refractivity contribution < 1.29 is 22.7 Å². The molecule has 1 saturated heterocycles. The Kier molecular flexibility index (Phi) is 3.98. The van der Waals surface area contributed by atoms with E-state index in [2.05, 4.69) is 0 Å². The van der Waals surface area contributed by atoms with Gasteiger partial charge in [0, 0.05) is 23.2 Å². The highest BCUT2D eigenvalue weighted by Crippen LogP contribution is 2.35. The molecule has 0 atom stereocenters. The molecule has 2 aromatic rings. The molecule has 0 radical (unpaired) electrons. The van der Waals surface area contributed by atoms with Crippen LogP contribution in [0.4, 0.5) is 0 Å². The molecule has 7 heteroatoms. The predicted molar refractivity (Wildman–Crippen MR) is 97.7 cm³/mol. The maximum Gasteiger partial charge on any atom is 0.254 e. The van der Waals surface area contributed by atoms with Gasteiger partial charge in [-0.1, -0.05) is 12.1 Å². The fourth-order valence-electron chi connectivity index (χ4n) is 3.61. The number of ether oxygens (including phenoxy) is 1. The standard InChI is InChI=1S/C20H19NO5S/c1-20(2)12-26-10-9-21(20)19(23)13-7-8-15-17(11-13)27(24,25)16-6-4-3-5-14(16)18(15)22/h3-8,11H,9-10,12H2,1-2H3. The Labute approximate surface area is 157 Å². The van der Waals surface area contributed by atoms with Crippen LogP contribution in [0.15, 0.2) is 52.3 Å². The number of benzene rings is 2. The molecule has 2 aliphatic heterocycles. The van der Waals surface area contributed by atoms with E-state index in [1.54, 1.807) is 17.0 Å². The number of fused-ring (bicyclic) bond motifs is 2. The summed E-state index contributed by atoms with van der Waals surface area (Å²) in [5, 5.41) is 0. The molecule has 0 bridgehead atoms. The van der Waals surface area contributed by atoms with E-state index in [0.29, 0.717) is 19.8 Å². The first-order valence-electron chi connectivity index (χ1n) is 8.66. The SMILES string of the molecule is CC1(C)COCCN1C(=O)c1ccc2c(c1)S(=O)(=O)c1ccccc1C2=O. The number of carbonyl (C=O) groups is 2. The van der Waals surface area contributed by atoms with Gasteiger partial charge in [0.15, 0.2) is 5.78 Å². The van der Waals surface area contributed by atoms with Crippen LogP contribution in [0.25, 0.3) is 0 Å². The lowest BCUT2D eigenvalue weighted by Gasteiger charge is -2.42. The van der Waals surface area contributed by atoms with Crippen molar-refractivity contribution in [3.8, 4) is 0 Å². The number of sulfone groups is 1. The molecule has 27 heavy (non-hydrogen) atoms. The number of ketones is 1. The molecule has 1 amide bonds. The third-order valence-electron chi connectivity index (χ3n) is 5.07. The van der Waals surface area contributed by atoms with Gasteiger partial charge in [-0.2, -0.15) is 0 Å². The lowest BCUT2D eigenvalue weighted by atomic mass is 9.98. The highest BCUT2D eigenvalue weighted by molar-refractivity contribution is 7.91. The second kappa shape index (κ2) is 6.00. The van der Waals surface area contributed by atoms with Crippen molar-refractivity contribution in [3.63, 3.8) is 0 Å². The van der Waals surface area contributed by atoms with Gasteiger partial charge in [-0.25, -0.2) is 8.42 Å². The molecular formula is C20H19NO5S. The summed E-state index contributed by atoms with van der Waals surface area (Å²) in [6.07, 6.45) is 0. The summed E-state index contributed by atoms with van der Waals surface area (Å²) in [7, 11) is -3.87. The highest BCUT2D eigenvalue weighted by Gasteiger charge is 2.38. The molecule has 0 spiro atoms. The minimum Gasteiger partial charge on any atom is -0.377 e. The van der Waals surface area contributed by atoms with Crippen LogP contribution in [0.1, 0.15) is 40.1 Å². The average Bonchev–Trinajstić information content (AvgIpc) is 2.65. The summed E-state index contributed by atoms with van der Waals surface area (Å²) >= 11 is 0. The lowest BCUT2D eigenvalue weighted by molar-refractivity contribution is -0.0370. The summed E-state index contributed by atoms with van der Waals surface area (Å²) < 4.78 is 31.5. The van der Waals surface area contributed by atoms with Crippen molar-refractivity contribution in [2.75, 3.05) is 19.8 Å². The number of carbonyl (C=O) groups excluding carboxylic acids is 2. The van der Waals surface area contributed by atoms with Crippen LogP contribution in [0.2, 0.25) is 0 Å². The largest absolute Gasteiger partial charge is 0.377 e. The summed E-state index contributed by atoms with van der Waals surface area (Å²) in [4.78, 5) is 27.3. The molecule has 0 saturated carbocycles. The molecular weight excluding hydrogens is 366 g/mol. The highest BCUT2D eigenvalue weighted by atomic mass is 32.2. The minimum atomic E-state index is -3.87. The zero-order valence-electron chi connectivity index (χ0n) is 15.1. The van der Waals surface area contributed by atoms with Gasteiger partial charge in [0.05, 0.1) is 28.5 Å². The van der Waals surface area contributed by atoms with Crippen LogP contribution in [0.5, 0.6) is 0 Å². The number of hydrogen-bond acceptors (Lipinski definition) is 5. The Hall–Kier alpha value is -2.51. The summed E-state index contributed by atoms with van der Waals surface area (Å²) in [6, 6.07) is 10.4. The monoisotopic (exact) mass is 385 g/mol. The van der Waals surface area contributed by atoms with E-state index in [9.17, 15) is 18.0 Å². The van der Waals surface area contributed by atoms with Gasteiger partial charge in [-0.15, -0.1) is 0 Å². The first-order chi connectivity index (χ1) is 12.7. The van der Waals surface area contributed by atoms with Crippen molar-refractivity contribution in [1.82, 2.24) is 4.90 Å². The fraction of sp³-hybridized carbons (Fsp3) is 0.300. The third kappa shape index (κ3) is 2.69. The van der Waals surface area contributed by atoms with Gasteiger partial charge < -0.3 is 9.64 Å². The summed E-state index contributed by atoms with van der Waals surface area (Å²) in [5.74, 6) is -0.617. The number of amides is 1. The van der Waals surface area contributed by atoms with E-state index in [-0.39, 0.29) is 38.2 Å². The molecule has 2 aromatic carbocycles. The molecule has 6 nitrogen and oxygen atoms in total. The molecule has 0 N–H and O–H groups in total. The molecule has 1 fully saturated rings. The van der Waals surface area contributed by atoms with Gasteiger partial charge in [0.25, 0.3) is 5.91 Å². The quantitative estimate of drug-likeness (QED) is 0.642. The maximum absolute atomic E-state index is 13.0. The van der Waals surface area contributed by atoms with Gasteiger partial charge in [-0.3, -0.25) is 9.59 Å². The van der Waals surface area contributed by atoms with Gasteiger partial charge in [0.2, 0.25) is 9.84 Å². The van der Waals surface area contributed by atoms with E-state index in [1.807, 2.05) is 13.8 Å². The van der Waals surface area contributed by atoms with Crippen LogP contribution in [0.3, 0.4) is 0 Å². The van der Waals surface area contributed by atoms with Crippen LogP contribution in [0, 0.1) is 0 Å². The van der Waals surface area contributed by atoms with Crippen molar-refractivity contribution in [2.24, 2.45) is 0 Å². The van der Waals surface area contributed by atoms with Crippen LogP contribution in [-0.2, 0) is 14.6 Å². The average molecular weight is 385 g/mol. The second-order valence-electron chi connectivity index (χ2n) is 7.36. The molecule has 0 unspecified atom stereocenters. The van der Waals surface area contributed by atoms with E-state index in [0.717, 1.165) is 0 Å². The Bertz CT molecular complexity index is 1070. The van der Waals surface area contributed by atoms with Gasteiger partial charge in [0.1, 0.15) is 0 Å². The molecule has 4 rings (SSSR count). The van der Waals surface area contributed by atoms with Crippen LogP contribution < -0.4 is 0 Å². The molecule has 2 heterocycles. The molecule has 2 aliphatic rings. The molecule has 0 aliphatic carbocycles. The molecule has 140 valence electrons. The normalized spacial score (nSPS) is 19.9. The Morgan fingerprint density at radius 3 is 2.52 bits per heavy atom. The first kappa shape index (κ1) is 17.9. The zero-order valence-corrected chi connectivity index (χ0v) is 15.9. The maximum atomic E-state index is 13.0. The number of morpholine rings is 1. The van der Waals surface area contributed by atoms with Crippen molar-refractivity contribution in [2.45, 2.75) is 29.2 Å². The lowest BCUT2D eigenvalue weighted by Crippen LogP contribution is -2.55. The van der Waals surface area contributed by atoms with E-state index in [1.165, 1.54) is 30.3 Å². The smallest absolute Gasteiger partial charge is 0.254 e. The predicted octanol–water partition coefficient (Wildman–Crippen LogP) is 2.31. The minimum absolute atomic E-state index is 0.0150. The number of rotatable bonds is 1. The van der Waals surface area contributed by atoms with E-state index in [4.69, 9.17) is 4.74 Å². The van der Waals surface area contributed by atoms with Crippen LogP contribution >= 0.6 is 0 Å². The van der Waals surface area contributed by atoms with E-state index >= 15 is 0 Å². The fourth-order valence-corrected chi connectivity index (χ4v) is 5.29. The Morgan fingerprint density at radius 1 is 1.07 bits per heavy atom. The Morgan fingerprint density at radius 2 is 1.78 bits per heavy atom. The molecule has 0 aromatic heterocycles. The van der Waals surface area contributed by atoms with Crippen molar-refractivity contribution in [3.05, 3.63) is 59.2 Å². The van der Waals surface area contributed by atoms with Crippen molar-refractivity contribution in [1.29, 1.82) is 0 Å². The van der Waals surface area contributed by atoms with E-state index < -0.39 is 15.4 Å². The third-order valence-corrected chi connectivity index (χ3v) is 6.93. The van der Waals surface area contributed by atoms with Crippen molar-refractivity contribution >= 4 is 21.5 Å². The number of nitrogens with zero attached hydrogens (tertiary/aromatic N) is 1. The van der Waals surface area contributed by atoms with Gasteiger partial charge in [-0.05, 0) is 44.2 Å². The topological polar surface area (TPSA) is 80.8 Å². The summed E-state index contributed by atoms with van der Waals surface area (Å²) in [5.41, 5.74) is 0.0244. The zero-order chi connectivity index (χ0) is 19.4. The second-order valence-corrected chi connectivity index (χ2v) is 9.25. The van der Waals surface area contributed by atoms with Crippen LogP contribution in [-0.4, -0.2) is 50.3 Å². The van der Waals surface area contributed by atoms with Gasteiger partial charge >= 0.3 is 0 Å². The number of hydrogen-bond donors (Lipinski definition) is 0.